The van der Waals surface area contributed by atoms with Crippen LogP contribution in [0.2, 0.25) is 0 Å². The van der Waals surface area contributed by atoms with E-state index < -0.39 is 5.54 Å². The Labute approximate surface area is 112 Å². The Morgan fingerprint density at radius 1 is 1.11 bits per heavy atom. The third kappa shape index (κ3) is 2.80. The summed E-state index contributed by atoms with van der Waals surface area (Å²) in [7, 11) is 0. The van der Waals surface area contributed by atoms with Crippen molar-refractivity contribution in [2.45, 2.75) is 50.2 Å². The van der Waals surface area contributed by atoms with Crippen molar-refractivity contribution in [3.63, 3.8) is 0 Å². The predicted octanol–water partition coefficient (Wildman–Crippen LogP) is 1.67. The molecule has 0 radical (unpaired) electrons. The molecule has 1 unspecified atom stereocenters. The lowest BCUT2D eigenvalue weighted by atomic mass is 9.91. The Bertz CT molecular complexity index is 407. The summed E-state index contributed by atoms with van der Waals surface area (Å²) in [5.74, 6) is 1.11. The molecule has 106 valence electrons. The molecule has 1 aliphatic heterocycles. The quantitative estimate of drug-likeness (QED) is 0.820. The topological polar surface area (TPSA) is 83.4 Å². The van der Waals surface area contributed by atoms with Gasteiger partial charge in [0, 0.05) is 0 Å². The highest BCUT2D eigenvalue weighted by atomic mass is 16.6. The lowest BCUT2D eigenvalue weighted by Crippen LogP contribution is -2.37. The molecule has 1 aromatic rings. The van der Waals surface area contributed by atoms with E-state index in [0.717, 1.165) is 25.7 Å². The maximum absolute atomic E-state index is 6.47. The maximum atomic E-state index is 6.47. The lowest BCUT2D eigenvalue weighted by molar-refractivity contribution is -0.101. The van der Waals surface area contributed by atoms with E-state index in [2.05, 4.69) is 10.1 Å². The van der Waals surface area contributed by atoms with Gasteiger partial charge in [0.2, 0.25) is 0 Å². The van der Waals surface area contributed by atoms with Crippen molar-refractivity contribution in [1.29, 1.82) is 0 Å². The molecule has 19 heavy (non-hydrogen) atoms. The van der Waals surface area contributed by atoms with E-state index in [1.54, 1.807) is 0 Å². The summed E-state index contributed by atoms with van der Waals surface area (Å²) in [6.07, 6.45) is 6.34. The predicted molar refractivity (Wildman–Crippen MR) is 67.4 cm³/mol. The molecule has 2 heterocycles. The first-order chi connectivity index (χ1) is 9.28. The van der Waals surface area contributed by atoms with E-state index in [-0.39, 0.29) is 6.10 Å². The number of rotatable bonds is 2. The van der Waals surface area contributed by atoms with E-state index in [4.69, 9.17) is 19.7 Å². The number of hydrogen-bond acceptors (Lipinski definition) is 6. The van der Waals surface area contributed by atoms with Crippen molar-refractivity contribution in [1.82, 2.24) is 10.1 Å². The zero-order chi connectivity index (χ0) is 13.1. The van der Waals surface area contributed by atoms with Gasteiger partial charge in [-0.25, -0.2) is 0 Å². The first-order valence-corrected chi connectivity index (χ1v) is 7.10. The summed E-state index contributed by atoms with van der Waals surface area (Å²) >= 11 is 0. The number of nitrogens with two attached hydrogens (primary N) is 1. The monoisotopic (exact) mass is 267 g/mol. The largest absolute Gasteiger partial charge is 0.376 e. The Morgan fingerprint density at radius 3 is 2.58 bits per heavy atom. The van der Waals surface area contributed by atoms with Crippen molar-refractivity contribution < 1.29 is 14.0 Å². The number of hydrogen-bond donors (Lipinski definition) is 1. The maximum Gasteiger partial charge on any atom is 0.258 e. The van der Waals surface area contributed by atoms with Crippen LogP contribution in [0.3, 0.4) is 0 Å². The first kappa shape index (κ1) is 13.0. The van der Waals surface area contributed by atoms with Crippen LogP contribution in [0.5, 0.6) is 0 Å². The van der Waals surface area contributed by atoms with E-state index in [1.165, 1.54) is 12.8 Å². The van der Waals surface area contributed by atoms with Crippen LogP contribution in [0.15, 0.2) is 4.52 Å². The molecule has 0 spiro atoms. The van der Waals surface area contributed by atoms with E-state index in [9.17, 15) is 0 Å². The van der Waals surface area contributed by atoms with Gasteiger partial charge in [-0.3, -0.25) is 0 Å². The van der Waals surface area contributed by atoms with E-state index >= 15 is 0 Å². The standard InChI is InChI=1S/C13H21N3O3/c14-13(5-3-1-2-4-6-13)12-15-11(19-16-12)10-9-17-7-8-18-10/h10H,1-9,14H2. The van der Waals surface area contributed by atoms with Crippen LogP contribution in [0.25, 0.3) is 0 Å². The first-order valence-electron chi connectivity index (χ1n) is 7.10. The van der Waals surface area contributed by atoms with Gasteiger partial charge in [-0.05, 0) is 12.8 Å². The van der Waals surface area contributed by atoms with Gasteiger partial charge in [-0.1, -0.05) is 30.8 Å². The molecule has 0 bridgehead atoms. The third-order valence-corrected chi connectivity index (χ3v) is 3.97. The van der Waals surface area contributed by atoms with Gasteiger partial charge < -0.3 is 19.7 Å². The van der Waals surface area contributed by atoms with Gasteiger partial charge in [0.15, 0.2) is 11.9 Å². The molecular formula is C13H21N3O3. The molecule has 2 fully saturated rings. The molecule has 6 heteroatoms. The summed E-state index contributed by atoms with van der Waals surface area (Å²) in [6, 6.07) is 0. The molecule has 2 aliphatic rings. The molecule has 1 atom stereocenters. The van der Waals surface area contributed by atoms with Crippen molar-refractivity contribution in [2.75, 3.05) is 19.8 Å². The summed E-state index contributed by atoms with van der Waals surface area (Å²) in [5, 5.41) is 4.08. The van der Waals surface area contributed by atoms with E-state index in [0.29, 0.717) is 31.5 Å². The number of nitrogens with zero attached hydrogens (tertiary/aromatic N) is 2. The van der Waals surface area contributed by atoms with Gasteiger partial charge in [-0.15, -0.1) is 0 Å². The molecule has 1 saturated heterocycles. The lowest BCUT2D eigenvalue weighted by Gasteiger charge is -2.23. The minimum atomic E-state index is -0.437. The van der Waals surface area contributed by atoms with Crippen molar-refractivity contribution in [3.05, 3.63) is 11.7 Å². The SMILES string of the molecule is NC1(c2noc(C3COCCO3)n2)CCCCCC1. The fourth-order valence-corrected chi connectivity index (χ4v) is 2.78. The van der Waals surface area contributed by atoms with Crippen molar-refractivity contribution in [2.24, 2.45) is 5.73 Å². The van der Waals surface area contributed by atoms with Crippen LogP contribution in [-0.4, -0.2) is 30.0 Å². The fourth-order valence-electron chi connectivity index (χ4n) is 2.78. The zero-order valence-electron chi connectivity index (χ0n) is 11.1. The van der Waals surface area contributed by atoms with E-state index in [1.807, 2.05) is 0 Å². The smallest absolute Gasteiger partial charge is 0.258 e. The van der Waals surface area contributed by atoms with Gasteiger partial charge >= 0.3 is 0 Å². The second-order valence-electron chi connectivity index (χ2n) is 5.46. The molecule has 6 nitrogen and oxygen atoms in total. The summed E-state index contributed by atoms with van der Waals surface area (Å²) in [6.45, 7) is 1.66. The van der Waals surface area contributed by atoms with Gasteiger partial charge in [0.1, 0.15) is 0 Å². The molecule has 0 amide bonds. The number of ether oxygens (including phenoxy) is 2. The summed E-state index contributed by atoms with van der Waals surface area (Å²) in [4.78, 5) is 4.46. The van der Waals surface area contributed by atoms with Crippen LogP contribution in [0.1, 0.15) is 56.3 Å². The van der Waals surface area contributed by atoms with Gasteiger partial charge in [0.25, 0.3) is 5.89 Å². The normalized spacial score (nSPS) is 27.9. The van der Waals surface area contributed by atoms with Crippen LogP contribution in [-0.2, 0) is 15.0 Å². The third-order valence-electron chi connectivity index (χ3n) is 3.97. The second-order valence-corrected chi connectivity index (χ2v) is 5.46. The Balaban J connectivity index is 1.75. The van der Waals surface area contributed by atoms with Crippen LogP contribution < -0.4 is 5.73 Å². The highest BCUT2D eigenvalue weighted by Gasteiger charge is 2.34. The Kier molecular flexibility index (Phi) is 3.81. The molecule has 1 aliphatic carbocycles. The molecule has 1 saturated carbocycles. The Morgan fingerprint density at radius 2 is 1.89 bits per heavy atom. The van der Waals surface area contributed by atoms with Gasteiger partial charge in [0.05, 0.1) is 25.4 Å². The summed E-state index contributed by atoms with van der Waals surface area (Å²) in [5.41, 5.74) is 6.03. The van der Waals surface area contributed by atoms with Gasteiger partial charge in [-0.2, -0.15) is 4.98 Å². The molecule has 1 aromatic heterocycles. The second kappa shape index (κ2) is 5.56. The molecule has 2 N–H and O–H groups in total. The molecule has 3 rings (SSSR count). The molecule has 0 aromatic carbocycles. The van der Waals surface area contributed by atoms with Crippen LogP contribution >= 0.6 is 0 Å². The summed E-state index contributed by atoms with van der Waals surface area (Å²) < 4.78 is 16.2. The average molecular weight is 267 g/mol. The van der Waals surface area contributed by atoms with Crippen molar-refractivity contribution in [3.8, 4) is 0 Å². The average Bonchev–Trinajstić information content (AvgIpc) is 2.85. The number of aromatic nitrogens is 2. The zero-order valence-corrected chi connectivity index (χ0v) is 11.1. The minimum Gasteiger partial charge on any atom is -0.376 e. The fraction of sp³-hybridized carbons (Fsp3) is 0.846. The minimum absolute atomic E-state index is 0.246. The highest BCUT2D eigenvalue weighted by Crippen LogP contribution is 2.32. The molecular weight excluding hydrogens is 246 g/mol. The Hall–Kier alpha value is -0.980. The highest BCUT2D eigenvalue weighted by molar-refractivity contribution is 5.05. The van der Waals surface area contributed by atoms with Crippen LogP contribution in [0, 0.1) is 0 Å². The van der Waals surface area contributed by atoms with Crippen LogP contribution in [0.4, 0.5) is 0 Å². The van der Waals surface area contributed by atoms with Crippen molar-refractivity contribution >= 4 is 0 Å².